The summed E-state index contributed by atoms with van der Waals surface area (Å²) < 4.78 is 0. The number of hydrogen-bond acceptors (Lipinski definition) is 4. The molecule has 3 atom stereocenters. The zero-order chi connectivity index (χ0) is 38.3. The van der Waals surface area contributed by atoms with Crippen LogP contribution < -0.4 is 0 Å². The SMILES string of the molecule is CCCCN1C(=O)C(C)(CC)N(OC(CC(C)(C)C#N)c2ccc(-c3c4ccccc4c(-c4cccc5ccccc45)c4ccccc34)cc2)C1(C)CC. The number of amides is 1. The summed E-state index contributed by atoms with van der Waals surface area (Å²) in [7, 11) is 0. The highest BCUT2D eigenvalue weighted by Crippen LogP contribution is 2.48. The molecule has 0 radical (unpaired) electrons. The molecule has 1 amide bonds. The molecule has 6 aromatic rings. The van der Waals surface area contributed by atoms with Gasteiger partial charge in [0.1, 0.15) is 17.3 Å². The fraction of sp³-hybridized carbons (Fsp3) is 0.347. The lowest BCUT2D eigenvalue weighted by molar-refractivity contribution is -0.294. The van der Waals surface area contributed by atoms with Crippen molar-refractivity contribution in [1.82, 2.24) is 9.96 Å². The third kappa shape index (κ3) is 6.26. The van der Waals surface area contributed by atoms with Crippen molar-refractivity contribution in [1.29, 1.82) is 5.26 Å². The molecule has 1 aliphatic heterocycles. The van der Waals surface area contributed by atoms with Crippen molar-refractivity contribution in [2.45, 2.75) is 97.9 Å². The Morgan fingerprint density at radius 1 is 0.722 bits per heavy atom. The van der Waals surface area contributed by atoms with Gasteiger partial charge in [-0.1, -0.05) is 142 Å². The summed E-state index contributed by atoms with van der Waals surface area (Å²) in [5.74, 6) is 0.113. The van der Waals surface area contributed by atoms with Gasteiger partial charge in [0.25, 0.3) is 0 Å². The average Bonchev–Trinajstić information content (AvgIpc) is 3.36. The Balaban J connectivity index is 1.35. The van der Waals surface area contributed by atoms with Crippen LogP contribution in [0.3, 0.4) is 0 Å². The van der Waals surface area contributed by atoms with Crippen LogP contribution in [0.25, 0.3) is 54.6 Å². The summed E-state index contributed by atoms with van der Waals surface area (Å²) >= 11 is 0. The molecule has 54 heavy (non-hydrogen) atoms. The van der Waals surface area contributed by atoms with Crippen molar-refractivity contribution in [3.05, 3.63) is 121 Å². The standard InChI is InChI=1S/C49H53N3O2/c1-8-11-31-51-46(53)48(6,9-2)52(49(51,7)10-3)54-43(32-47(4,5)33-50)35-27-29-36(30-28-35)44-39-22-14-16-24-41(39)45(42-25-17-15-23-40(42)44)38-26-18-20-34-19-12-13-21-37(34)38/h12-30,43H,8-11,31-32H2,1-7H3. The Hall–Kier alpha value is -5.02. The topological polar surface area (TPSA) is 56.6 Å². The molecule has 0 N–H and O–H groups in total. The zero-order valence-electron chi connectivity index (χ0n) is 32.9. The molecule has 1 heterocycles. The van der Waals surface area contributed by atoms with Crippen LogP contribution in [0, 0.1) is 16.7 Å². The molecule has 0 aliphatic carbocycles. The lowest BCUT2D eigenvalue weighted by Gasteiger charge is -2.44. The molecule has 7 rings (SSSR count). The number of rotatable bonds is 12. The predicted molar refractivity (Wildman–Crippen MR) is 224 cm³/mol. The number of nitrogens with zero attached hydrogens (tertiary/aromatic N) is 3. The van der Waals surface area contributed by atoms with E-state index in [4.69, 9.17) is 4.84 Å². The van der Waals surface area contributed by atoms with Crippen LogP contribution in [0.1, 0.15) is 92.2 Å². The molecule has 1 saturated heterocycles. The van der Waals surface area contributed by atoms with E-state index in [9.17, 15) is 10.1 Å². The van der Waals surface area contributed by atoms with Gasteiger partial charge in [-0.15, -0.1) is 5.06 Å². The summed E-state index contributed by atoms with van der Waals surface area (Å²) in [5.41, 5.74) is 3.69. The average molecular weight is 716 g/mol. The van der Waals surface area contributed by atoms with E-state index in [1.165, 1.54) is 49.0 Å². The zero-order valence-corrected chi connectivity index (χ0v) is 32.9. The number of hydrogen-bond donors (Lipinski definition) is 0. The van der Waals surface area contributed by atoms with Gasteiger partial charge in [-0.05, 0) is 114 Å². The maximum absolute atomic E-state index is 14.2. The van der Waals surface area contributed by atoms with Crippen molar-refractivity contribution in [2.24, 2.45) is 5.41 Å². The van der Waals surface area contributed by atoms with Crippen molar-refractivity contribution in [2.75, 3.05) is 6.54 Å². The van der Waals surface area contributed by atoms with Gasteiger partial charge in [-0.25, -0.2) is 0 Å². The van der Waals surface area contributed by atoms with Crippen LogP contribution >= 0.6 is 0 Å². The van der Waals surface area contributed by atoms with Crippen LogP contribution in [0.15, 0.2) is 115 Å². The fourth-order valence-corrected chi connectivity index (χ4v) is 8.65. The number of fused-ring (bicyclic) bond motifs is 3. The summed E-state index contributed by atoms with van der Waals surface area (Å²) in [6.45, 7) is 15.1. The van der Waals surface area contributed by atoms with Gasteiger partial charge < -0.3 is 4.90 Å². The molecule has 5 heteroatoms. The number of nitriles is 1. The minimum absolute atomic E-state index is 0.113. The predicted octanol–water partition coefficient (Wildman–Crippen LogP) is 12.6. The van der Waals surface area contributed by atoms with Crippen LogP contribution in [0.2, 0.25) is 0 Å². The van der Waals surface area contributed by atoms with E-state index in [0.29, 0.717) is 19.4 Å². The second-order valence-electron chi connectivity index (χ2n) is 16.1. The third-order valence-corrected chi connectivity index (χ3v) is 12.1. The molecule has 1 aliphatic rings. The minimum atomic E-state index is -0.822. The summed E-state index contributed by atoms with van der Waals surface area (Å²) in [4.78, 5) is 23.3. The molecular weight excluding hydrogens is 663 g/mol. The first-order valence-corrected chi connectivity index (χ1v) is 19.7. The number of benzene rings is 6. The number of carbonyl (C=O) groups excluding carboxylic acids is 1. The highest BCUT2D eigenvalue weighted by atomic mass is 16.7. The lowest BCUT2D eigenvalue weighted by Crippen LogP contribution is -2.55. The molecule has 0 aromatic heterocycles. The minimum Gasteiger partial charge on any atom is -0.321 e. The molecule has 5 nitrogen and oxygen atoms in total. The molecular formula is C49H53N3O2. The van der Waals surface area contributed by atoms with E-state index < -0.39 is 22.7 Å². The lowest BCUT2D eigenvalue weighted by atomic mass is 9.84. The quantitative estimate of drug-likeness (QED) is 0.118. The maximum Gasteiger partial charge on any atom is 0.246 e. The highest BCUT2D eigenvalue weighted by molar-refractivity contribution is 6.23. The van der Waals surface area contributed by atoms with Crippen LogP contribution in [-0.4, -0.2) is 33.6 Å². The van der Waals surface area contributed by atoms with E-state index in [0.717, 1.165) is 30.4 Å². The van der Waals surface area contributed by atoms with E-state index in [-0.39, 0.29) is 5.91 Å². The van der Waals surface area contributed by atoms with Gasteiger partial charge >= 0.3 is 0 Å². The first kappa shape index (κ1) is 37.3. The Bertz CT molecular complexity index is 2310. The second kappa shape index (κ2) is 14.7. The first-order chi connectivity index (χ1) is 26.0. The van der Waals surface area contributed by atoms with E-state index in [1.807, 2.05) is 30.7 Å². The summed E-state index contributed by atoms with van der Waals surface area (Å²) in [5, 5.41) is 19.5. The van der Waals surface area contributed by atoms with Crippen LogP contribution in [0.5, 0.6) is 0 Å². The highest BCUT2D eigenvalue weighted by Gasteiger charge is 2.60. The van der Waals surface area contributed by atoms with E-state index in [2.05, 4.69) is 149 Å². The van der Waals surface area contributed by atoms with E-state index >= 15 is 0 Å². The van der Waals surface area contributed by atoms with Gasteiger partial charge in [0, 0.05) is 6.54 Å². The Morgan fingerprint density at radius 3 is 1.83 bits per heavy atom. The molecule has 0 bridgehead atoms. The number of carbonyl (C=O) groups is 1. The van der Waals surface area contributed by atoms with Gasteiger partial charge in [-0.3, -0.25) is 9.63 Å². The molecule has 1 fully saturated rings. The maximum atomic E-state index is 14.2. The third-order valence-electron chi connectivity index (χ3n) is 12.1. The smallest absolute Gasteiger partial charge is 0.246 e. The van der Waals surface area contributed by atoms with Gasteiger partial charge in [0.2, 0.25) is 5.91 Å². The molecule has 0 saturated carbocycles. The van der Waals surface area contributed by atoms with Crippen molar-refractivity contribution in [3.63, 3.8) is 0 Å². The summed E-state index contributed by atoms with van der Waals surface area (Å²) in [6, 6.07) is 44.0. The Labute approximate surface area is 321 Å². The molecule has 6 aromatic carbocycles. The van der Waals surface area contributed by atoms with Crippen molar-refractivity contribution < 1.29 is 9.63 Å². The van der Waals surface area contributed by atoms with Crippen LogP contribution in [0.4, 0.5) is 0 Å². The van der Waals surface area contributed by atoms with Gasteiger partial charge in [0.15, 0.2) is 0 Å². The van der Waals surface area contributed by atoms with E-state index in [1.54, 1.807) is 0 Å². The van der Waals surface area contributed by atoms with Gasteiger partial charge in [0.05, 0.1) is 11.5 Å². The normalized spacial score (nSPS) is 19.9. The molecule has 3 unspecified atom stereocenters. The second-order valence-corrected chi connectivity index (χ2v) is 16.1. The summed E-state index contributed by atoms with van der Waals surface area (Å²) in [6.07, 6.45) is 3.33. The van der Waals surface area contributed by atoms with Crippen LogP contribution in [-0.2, 0) is 9.63 Å². The van der Waals surface area contributed by atoms with Crippen molar-refractivity contribution in [3.8, 4) is 28.3 Å². The Kier molecular flexibility index (Phi) is 10.1. The Morgan fingerprint density at radius 2 is 1.28 bits per heavy atom. The molecule has 0 spiro atoms. The largest absolute Gasteiger partial charge is 0.321 e. The number of unbranched alkanes of at least 4 members (excludes halogenated alkanes) is 1. The van der Waals surface area contributed by atoms with Crippen molar-refractivity contribution >= 4 is 38.2 Å². The first-order valence-electron chi connectivity index (χ1n) is 19.7. The van der Waals surface area contributed by atoms with Gasteiger partial charge in [-0.2, -0.15) is 5.26 Å². The molecule has 276 valence electrons. The monoisotopic (exact) mass is 715 g/mol. The number of hydroxylamine groups is 2. The fourth-order valence-electron chi connectivity index (χ4n) is 8.65.